The number of benzene rings is 2. The largest absolute Gasteiger partial charge is 0.478 e. The number of nitrogens with zero attached hydrogens (tertiary/aromatic N) is 2. The van der Waals surface area contributed by atoms with Crippen LogP contribution in [0.1, 0.15) is 0 Å². The summed E-state index contributed by atoms with van der Waals surface area (Å²) in [4.78, 5) is 57.2. The molecule has 39 heavy (non-hydrogen) atoms. The minimum Gasteiger partial charge on any atom is -0.478 e. The Bertz CT molecular complexity index is 1120. The molecular weight excluding hydrogens is 530 g/mol. The number of hydrogen-bond acceptors (Lipinski definition) is 8. The zero-order chi connectivity index (χ0) is 29.4. The van der Waals surface area contributed by atoms with Crippen molar-refractivity contribution >= 4 is 52.9 Å². The summed E-state index contributed by atoms with van der Waals surface area (Å²) in [5.41, 5.74) is 1.94. The molecule has 13 heteroatoms. The smallest absolute Gasteiger partial charge is 0.328 e. The average Bonchev–Trinajstić information content (AvgIpc) is 2.87. The number of carboxylic acid groups (broad SMARTS) is 4. The molecular formula is C26H29N3O9S. The number of likely N-dealkylation sites (N-methyl/N-ethyl adjacent to an activating group) is 1. The van der Waals surface area contributed by atoms with Gasteiger partial charge in [0.1, 0.15) is 0 Å². The summed E-state index contributed by atoms with van der Waals surface area (Å²) in [6.45, 7) is 2.04. The van der Waals surface area contributed by atoms with E-state index in [4.69, 9.17) is 20.4 Å². The molecule has 0 aliphatic carbocycles. The second-order valence-electron chi connectivity index (χ2n) is 7.77. The minimum atomic E-state index is -1.26. The Labute approximate surface area is 228 Å². The van der Waals surface area contributed by atoms with Gasteiger partial charge in [-0.25, -0.2) is 19.2 Å². The molecule has 0 spiro atoms. The quantitative estimate of drug-likeness (QED) is 0.224. The molecule has 0 aromatic heterocycles. The molecule has 12 nitrogen and oxygen atoms in total. The van der Waals surface area contributed by atoms with Crippen molar-refractivity contribution in [2.24, 2.45) is 0 Å². The molecule has 0 fully saturated rings. The fourth-order valence-corrected chi connectivity index (χ4v) is 3.89. The summed E-state index contributed by atoms with van der Waals surface area (Å²) in [7, 11) is 4.05. The lowest BCUT2D eigenvalue weighted by molar-refractivity contribution is -0.134. The Morgan fingerprint density at radius 2 is 1.13 bits per heavy atom. The second-order valence-corrected chi connectivity index (χ2v) is 8.85. The summed E-state index contributed by atoms with van der Waals surface area (Å²) >= 11 is 1.71. The number of nitrogens with one attached hydrogen (secondary N) is 1. The van der Waals surface area contributed by atoms with E-state index in [1.165, 1.54) is 0 Å². The Balaban J connectivity index is 0.000000393. The van der Waals surface area contributed by atoms with Crippen molar-refractivity contribution in [3.8, 4) is 0 Å². The highest BCUT2D eigenvalue weighted by Gasteiger charge is 2.27. The molecule has 0 unspecified atom stereocenters. The van der Waals surface area contributed by atoms with Crippen molar-refractivity contribution in [3.63, 3.8) is 0 Å². The molecule has 1 aliphatic heterocycles. The number of para-hydroxylation sites is 2. The van der Waals surface area contributed by atoms with Crippen LogP contribution in [-0.2, 0) is 24.0 Å². The minimum absolute atomic E-state index is 0.0731. The first kappa shape index (κ1) is 32.6. The topological polar surface area (TPSA) is 185 Å². The molecule has 0 saturated carbocycles. The third-order valence-corrected chi connectivity index (χ3v) is 5.56. The van der Waals surface area contributed by atoms with Gasteiger partial charge in [-0.2, -0.15) is 0 Å². The van der Waals surface area contributed by atoms with Crippen LogP contribution in [0.5, 0.6) is 0 Å². The van der Waals surface area contributed by atoms with Crippen molar-refractivity contribution < 1.29 is 44.4 Å². The highest BCUT2D eigenvalue weighted by molar-refractivity contribution is 7.99. The van der Waals surface area contributed by atoms with Gasteiger partial charge in [0.15, 0.2) is 0 Å². The van der Waals surface area contributed by atoms with Crippen LogP contribution in [0.2, 0.25) is 0 Å². The number of hydrogen-bond donors (Lipinski definition) is 5. The first-order valence-electron chi connectivity index (χ1n) is 11.2. The normalized spacial score (nSPS) is 11.5. The molecule has 0 saturated heterocycles. The number of carboxylic acids is 4. The summed E-state index contributed by atoms with van der Waals surface area (Å²) in [5, 5.41) is 34.5. The maximum absolute atomic E-state index is 12.8. The third-order valence-electron chi connectivity index (χ3n) is 4.43. The molecule has 2 aromatic rings. The van der Waals surface area contributed by atoms with Crippen molar-refractivity contribution in [1.29, 1.82) is 0 Å². The van der Waals surface area contributed by atoms with Crippen molar-refractivity contribution in [1.82, 2.24) is 10.2 Å². The van der Waals surface area contributed by atoms with Gasteiger partial charge in [0.2, 0.25) is 5.91 Å². The molecule has 208 valence electrons. The molecule has 1 aliphatic rings. The molecule has 5 N–H and O–H groups in total. The molecule has 1 heterocycles. The van der Waals surface area contributed by atoms with Gasteiger partial charge in [-0.3, -0.25) is 9.69 Å². The molecule has 1 amide bonds. The van der Waals surface area contributed by atoms with E-state index in [0.29, 0.717) is 30.8 Å². The molecule has 0 radical (unpaired) electrons. The van der Waals surface area contributed by atoms with E-state index in [1.807, 2.05) is 55.4 Å². The van der Waals surface area contributed by atoms with Gasteiger partial charge in [-0.15, -0.1) is 0 Å². The Morgan fingerprint density at radius 3 is 1.49 bits per heavy atom. The fraction of sp³-hybridized carbons (Fsp3) is 0.192. The fourth-order valence-electron chi connectivity index (χ4n) is 2.84. The monoisotopic (exact) mass is 559 g/mol. The number of aliphatic carboxylic acids is 4. The van der Waals surface area contributed by atoms with E-state index in [0.717, 1.165) is 34.3 Å². The van der Waals surface area contributed by atoms with Gasteiger partial charge in [0.25, 0.3) is 0 Å². The van der Waals surface area contributed by atoms with Crippen LogP contribution in [0.25, 0.3) is 0 Å². The SMILES string of the molecule is CN(C)CCNCC(=O)N1c2ccccc2Sc2ccccc21.O=C(O)/C=C\C(=O)O.O=C(O)/C=C\C(=O)O. The number of carbonyl (C=O) groups excluding carboxylic acids is 1. The van der Waals surface area contributed by atoms with Gasteiger partial charge < -0.3 is 30.6 Å². The van der Waals surface area contributed by atoms with Crippen LogP contribution >= 0.6 is 11.8 Å². The third kappa shape index (κ3) is 13.1. The van der Waals surface area contributed by atoms with Gasteiger partial charge >= 0.3 is 23.9 Å². The molecule has 2 aromatic carbocycles. The van der Waals surface area contributed by atoms with E-state index in [-0.39, 0.29) is 5.91 Å². The molecule has 0 atom stereocenters. The van der Waals surface area contributed by atoms with Gasteiger partial charge in [0.05, 0.1) is 17.9 Å². The van der Waals surface area contributed by atoms with Gasteiger partial charge in [-0.1, -0.05) is 36.0 Å². The van der Waals surface area contributed by atoms with Crippen LogP contribution < -0.4 is 10.2 Å². The lowest BCUT2D eigenvalue weighted by Crippen LogP contribution is -2.38. The van der Waals surface area contributed by atoms with E-state index in [2.05, 4.69) is 22.3 Å². The van der Waals surface area contributed by atoms with Crippen molar-refractivity contribution in [2.75, 3.05) is 38.6 Å². The Kier molecular flexibility index (Phi) is 14.3. The summed E-state index contributed by atoms with van der Waals surface area (Å²) < 4.78 is 0. The highest BCUT2D eigenvalue weighted by Crippen LogP contribution is 2.47. The molecule has 0 bridgehead atoms. The average molecular weight is 560 g/mol. The lowest BCUT2D eigenvalue weighted by Gasteiger charge is -2.31. The van der Waals surface area contributed by atoms with Gasteiger partial charge in [-0.05, 0) is 38.4 Å². The predicted octanol–water partition coefficient (Wildman–Crippen LogP) is 2.39. The zero-order valence-corrected chi connectivity index (χ0v) is 22.0. The van der Waals surface area contributed by atoms with Crippen LogP contribution in [0.15, 0.2) is 82.6 Å². The Morgan fingerprint density at radius 1 is 0.744 bits per heavy atom. The number of fused-ring (bicyclic) bond motifs is 2. The Hall–Kier alpha value is -4.46. The summed E-state index contributed by atoms with van der Waals surface area (Å²) in [5.74, 6) is -4.96. The van der Waals surface area contributed by atoms with Crippen LogP contribution in [0.3, 0.4) is 0 Å². The van der Waals surface area contributed by atoms with Crippen LogP contribution in [0.4, 0.5) is 11.4 Å². The van der Waals surface area contributed by atoms with E-state index in [1.54, 1.807) is 11.8 Å². The lowest BCUT2D eigenvalue weighted by atomic mass is 10.2. The second kappa shape index (κ2) is 17.1. The zero-order valence-electron chi connectivity index (χ0n) is 21.2. The number of amides is 1. The summed E-state index contributed by atoms with van der Waals surface area (Å²) in [6, 6.07) is 16.1. The van der Waals surface area contributed by atoms with Crippen molar-refractivity contribution in [2.45, 2.75) is 9.79 Å². The number of anilines is 2. The number of rotatable bonds is 9. The predicted molar refractivity (Wildman–Crippen MR) is 144 cm³/mol. The molecule has 3 rings (SSSR count). The van der Waals surface area contributed by atoms with Gasteiger partial charge in [0, 0.05) is 47.2 Å². The van der Waals surface area contributed by atoms with Crippen molar-refractivity contribution in [3.05, 3.63) is 72.8 Å². The number of carbonyl (C=O) groups is 5. The van der Waals surface area contributed by atoms with E-state index in [9.17, 15) is 24.0 Å². The highest BCUT2D eigenvalue weighted by atomic mass is 32.2. The first-order valence-corrected chi connectivity index (χ1v) is 12.1. The maximum Gasteiger partial charge on any atom is 0.328 e. The standard InChI is InChI=1S/C18H21N3OS.2C4H4O4/c1-20(2)12-11-19-13-18(22)21-14-7-3-5-9-16(14)23-17-10-6-4-8-15(17)21;2*5-3(6)1-2-4(7)8/h3-10,19H,11-13H2,1-2H3;2*1-2H,(H,5,6)(H,7,8)/b;2*2-1-. The maximum atomic E-state index is 12.8. The van der Waals surface area contributed by atoms with Crippen LogP contribution in [0, 0.1) is 0 Å². The first-order chi connectivity index (χ1) is 18.4. The van der Waals surface area contributed by atoms with Crippen LogP contribution in [-0.4, -0.2) is 88.8 Å². The van der Waals surface area contributed by atoms with E-state index < -0.39 is 23.9 Å². The van der Waals surface area contributed by atoms with E-state index >= 15 is 0 Å². The summed E-state index contributed by atoms with van der Waals surface area (Å²) in [6.07, 6.45) is 2.23.